The number of ether oxygens (including phenoxy) is 2. The van der Waals surface area contributed by atoms with Crippen LogP contribution in [0.4, 0.5) is 51.8 Å². The molecule has 0 N–H and O–H groups in total. The third-order valence-corrected chi connectivity index (χ3v) is 1.28. The molecule has 0 radical (unpaired) electrons. The molecule has 1 aromatic carbocycles. The van der Waals surface area contributed by atoms with E-state index in [1.807, 2.05) is 24.3 Å². The first-order valence-corrected chi connectivity index (χ1v) is 5.43. The Bertz CT molecular complexity index is 402. The van der Waals surface area contributed by atoms with Gasteiger partial charge in [-0.1, -0.05) is 12.1 Å². The Kier molecular flexibility index (Phi) is 15.4. The third-order valence-electron chi connectivity index (χ3n) is 1.28. The van der Waals surface area contributed by atoms with Crippen LogP contribution in [0, 0.1) is 0 Å². The molecule has 0 aliphatic carbocycles. The Hall–Kier alpha value is -0.189. The average molecular weight is 423 g/mol. The summed E-state index contributed by atoms with van der Waals surface area (Å²) >= 11 is 0. The Morgan fingerprint density at radius 2 is 0.800 bits per heavy atom. The summed E-state index contributed by atoms with van der Waals surface area (Å²) in [6, 6.07) is 7.63. The zero-order valence-corrected chi connectivity index (χ0v) is 15.2. The molecule has 0 spiro atoms. The van der Waals surface area contributed by atoms with Crippen LogP contribution >= 0.6 is 0 Å². The minimum atomic E-state index is -6.00. The van der Waals surface area contributed by atoms with Crippen molar-refractivity contribution in [2.75, 3.05) is 6.79 Å². The van der Waals surface area contributed by atoms with E-state index in [2.05, 4.69) is 0 Å². The summed E-state index contributed by atoms with van der Waals surface area (Å²) < 4.78 is 127. The Balaban J connectivity index is -0.000000128. The molecule has 0 bridgehead atoms. The predicted molar refractivity (Wildman–Crippen MR) is 64.2 cm³/mol. The van der Waals surface area contributed by atoms with E-state index in [1.54, 1.807) is 0 Å². The van der Waals surface area contributed by atoms with Gasteiger partial charge < -0.3 is 62.7 Å². The van der Waals surface area contributed by atoms with E-state index >= 15 is 0 Å². The van der Waals surface area contributed by atoms with Crippen LogP contribution in [0.25, 0.3) is 0 Å². The normalized spacial score (nSPS) is 12.2. The van der Waals surface area contributed by atoms with E-state index in [-0.39, 0.29) is 52.8 Å². The molecule has 0 amide bonds. The van der Waals surface area contributed by atoms with Crippen LogP contribution in [0.1, 0.15) is 1.43 Å². The van der Waals surface area contributed by atoms with Crippen molar-refractivity contribution in [2.45, 2.75) is 0 Å². The van der Waals surface area contributed by atoms with Crippen molar-refractivity contribution in [3.63, 3.8) is 0 Å². The van der Waals surface area contributed by atoms with E-state index in [9.17, 15) is 51.8 Å². The molecule has 144 valence electrons. The van der Waals surface area contributed by atoms with Gasteiger partial charge in [-0.25, -0.2) is 0 Å². The first kappa shape index (κ1) is 29.6. The molecule has 0 aromatic heterocycles. The summed E-state index contributed by atoms with van der Waals surface area (Å²) in [7, 11) is -18.0. The summed E-state index contributed by atoms with van der Waals surface area (Å²) in [5.41, 5.74) is 0. The maximum absolute atomic E-state index is 9.75. The second-order valence-electron chi connectivity index (χ2n) is 3.34. The van der Waals surface area contributed by atoms with Crippen molar-refractivity contribution in [3.8, 4) is 11.5 Å². The SMILES string of the molecule is F[B-](F)(F)F.F[B-](F)(F)F.F[B-](F)(F)F.[H-].[K+].c1ccc2c(c1)OCO2. The molecule has 0 atom stereocenters. The van der Waals surface area contributed by atoms with E-state index in [0.29, 0.717) is 6.79 Å². The minimum Gasteiger partial charge on any atom is -1.00 e. The number of rotatable bonds is 0. The number of para-hydroxylation sites is 2. The Morgan fingerprint density at radius 3 is 1.00 bits per heavy atom. The van der Waals surface area contributed by atoms with Gasteiger partial charge in [0.1, 0.15) is 0 Å². The van der Waals surface area contributed by atoms with Gasteiger partial charge in [0.25, 0.3) is 0 Å². The zero-order valence-electron chi connectivity index (χ0n) is 13.1. The van der Waals surface area contributed by atoms with Gasteiger partial charge in [-0.15, -0.1) is 0 Å². The van der Waals surface area contributed by atoms with E-state index in [0.717, 1.165) is 11.5 Å². The second-order valence-corrected chi connectivity index (χ2v) is 3.34. The summed E-state index contributed by atoms with van der Waals surface area (Å²) in [6.45, 7) is 0.360. The van der Waals surface area contributed by atoms with Crippen molar-refractivity contribution in [1.82, 2.24) is 0 Å². The standard InChI is InChI=1S/C7H6O2.3BF4.K.H/c1-2-4-7-6(3-1)8-5-9-7;3*2-1(3,4)5;;/h1-4H,5H2;;;;;/q;3*-1;+1;-1. The molecular formula is C7H7B3F12KO2-3. The molecule has 18 heteroatoms. The molecule has 2 rings (SSSR count). The summed E-state index contributed by atoms with van der Waals surface area (Å²) in [5.74, 6) is 1.69. The van der Waals surface area contributed by atoms with Crippen molar-refractivity contribution in [3.05, 3.63) is 24.3 Å². The second kappa shape index (κ2) is 13.1. The van der Waals surface area contributed by atoms with Crippen LogP contribution in [-0.2, 0) is 0 Å². The van der Waals surface area contributed by atoms with Crippen LogP contribution in [0.3, 0.4) is 0 Å². The molecular weight excluding hydrogens is 416 g/mol. The van der Waals surface area contributed by atoms with Gasteiger partial charge in [-0.3, -0.25) is 0 Å². The molecule has 1 aliphatic rings. The maximum Gasteiger partial charge on any atom is 1.00 e. The molecule has 1 heterocycles. The fourth-order valence-electron chi connectivity index (χ4n) is 0.845. The van der Waals surface area contributed by atoms with Crippen molar-refractivity contribution < 1.29 is 114 Å². The van der Waals surface area contributed by atoms with Gasteiger partial charge in [0, 0.05) is 0 Å². The minimum absolute atomic E-state index is 0. The third kappa shape index (κ3) is 40.1. The topological polar surface area (TPSA) is 18.5 Å². The quantitative estimate of drug-likeness (QED) is 0.472. The molecule has 1 aliphatic heterocycles. The molecule has 0 saturated heterocycles. The summed E-state index contributed by atoms with van der Waals surface area (Å²) in [6.07, 6.45) is 0. The first-order valence-electron chi connectivity index (χ1n) is 5.43. The number of fused-ring (bicyclic) bond motifs is 1. The van der Waals surface area contributed by atoms with Crippen LogP contribution in [0.2, 0.25) is 0 Å². The molecule has 0 fully saturated rings. The van der Waals surface area contributed by atoms with Crippen molar-refractivity contribution in [2.24, 2.45) is 0 Å². The molecule has 0 saturated carbocycles. The molecule has 25 heavy (non-hydrogen) atoms. The van der Waals surface area contributed by atoms with Crippen molar-refractivity contribution >= 4 is 21.8 Å². The average Bonchev–Trinajstić information content (AvgIpc) is 2.69. The van der Waals surface area contributed by atoms with E-state index in [1.165, 1.54) is 0 Å². The van der Waals surface area contributed by atoms with Gasteiger partial charge in [-0.2, -0.15) is 0 Å². The summed E-state index contributed by atoms with van der Waals surface area (Å²) in [4.78, 5) is 0. The summed E-state index contributed by atoms with van der Waals surface area (Å²) in [5, 5.41) is 0. The van der Waals surface area contributed by atoms with Crippen LogP contribution < -0.4 is 60.9 Å². The van der Waals surface area contributed by atoms with E-state index in [4.69, 9.17) is 9.47 Å². The maximum atomic E-state index is 9.75. The van der Waals surface area contributed by atoms with Gasteiger partial charge in [-0.05, 0) is 12.1 Å². The number of halogens is 12. The predicted octanol–water partition coefficient (Wildman–Crippen LogP) is 2.43. The monoisotopic (exact) mass is 423 g/mol. The van der Waals surface area contributed by atoms with Crippen LogP contribution in [-0.4, -0.2) is 28.6 Å². The van der Waals surface area contributed by atoms with Gasteiger partial charge in [0.2, 0.25) is 6.79 Å². The number of benzene rings is 1. The van der Waals surface area contributed by atoms with Gasteiger partial charge in [0.15, 0.2) is 11.5 Å². The smallest absolute Gasteiger partial charge is 1.00 e. The number of hydrogen-bond donors (Lipinski definition) is 0. The fraction of sp³-hybridized carbons (Fsp3) is 0.143. The van der Waals surface area contributed by atoms with Crippen LogP contribution in [0.5, 0.6) is 11.5 Å². The molecule has 0 unspecified atom stereocenters. The van der Waals surface area contributed by atoms with Crippen LogP contribution in [0.15, 0.2) is 24.3 Å². The molecule has 2 nitrogen and oxygen atoms in total. The zero-order chi connectivity index (χ0) is 19.6. The van der Waals surface area contributed by atoms with Gasteiger partial charge in [0.05, 0.1) is 0 Å². The van der Waals surface area contributed by atoms with E-state index < -0.39 is 21.8 Å². The largest absolute Gasteiger partial charge is 1.00 e. The Labute approximate surface area is 177 Å². The van der Waals surface area contributed by atoms with Crippen molar-refractivity contribution in [1.29, 1.82) is 0 Å². The first-order chi connectivity index (χ1) is 10.5. The number of hydrogen-bond acceptors (Lipinski definition) is 2. The molecule has 1 aromatic rings. The Morgan fingerprint density at radius 1 is 0.600 bits per heavy atom. The van der Waals surface area contributed by atoms with Gasteiger partial charge >= 0.3 is 73.1 Å². The fourth-order valence-corrected chi connectivity index (χ4v) is 0.845.